The number of hydrogen-bond donors (Lipinski definition) is 2. The second kappa shape index (κ2) is 7.36. The van der Waals surface area contributed by atoms with Crippen LogP contribution in [0.5, 0.6) is 0 Å². The number of hydrogen-bond acceptors (Lipinski definition) is 6. The van der Waals surface area contributed by atoms with E-state index in [0.29, 0.717) is 30.6 Å². The van der Waals surface area contributed by atoms with E-state index in [1.807, 2.05) is 4.90 Å². The van der Waals surface area contributed by atoms with Crippen molar-refractivity contribution in [1.82, 2.24) is 25.6 Å². The third kappa shape index (κ3) is 3.91. The molecule has 0 spiro atoms. The van der Waals surface area contributed by atoms with Gasteiger partial charge >= 0.3 is 0 Å². The molecular weight excluding hydrogens is 334 g/mol. The van der Waals surface area contributed by atoms with Gasteiger partial charge in [-0.15, -0.1) is 0 Å². The first-order chi connectivity index (χ1) is 12.6. The second-order valence-electron chi connectivity index (χ2n) is 7.77. The minimum atomic E-state index is -0.187. The Bertz CT molecular complexity index is 666. The molecule has 4 rings (SSSR count). The van der Waals surface area contributed by atoms with Crippen molar-refractivity contribution in [3.8, 4) is 0 Å². The summed E-state index contributed by atoms with van der Waals surface area (Å²) in [6.45, 7) is 7.32. The summed E-state index contributed by atoms with van der Waals surface area (Å²) in [5.74, 6) is 1.55. The lowest BCUT2D eigenvalue weighted by Gasteiger charge is -2.29. The summed E-state index contributed by atoms with van der Waals surface area (Å²) in [6, 6.07) is 1.79. The summed E-state index contributed by atoms with van der Waals surface area (Å²) in [5, 5.41) is 10.2. The molecule has 2 saturated heterocycles. The first-order valence-electron chi connectivity index (χ1n) is 9.58. The van der Waals surface area contributed by atoms with Gasteiger partial charge in [0.05, 0.1) is 6.54 Å². The standard InChI is InChI=1S/C18H27N5O3/c1-12-9-22(11-17(24)23-6-4-19-5-7-23)10-15(12)20-18(25)14-8-16(26-21-14)13-2-3-13/h8,12-13,15,19H,2-7,9-11H2,1H3,(H,20,25)/t12-,15+/m0/s1. The van der Waals surface area contributed by atoms with E-state index in [1.165, 1.54) is 0 Å². The molecule has 2 aliphatic heterocycles. The van der Waals surface area contributed by atoms with Crippen LogP contribution in [0.1, 0.15) is 41.9 Å². The number of carbonyl (C=O) groups is 2. The van der Waals surface area contributed by atoms with Crippen LogP contribution in [-0.2, 0) is 4.79 Å². The number of rotatable bonds is 5. The van der Waals surface area contributed by atoms with Gasteiger partial charge in [0.2, 0.25) is 5.91 Å². The number of nitrogens with zero attached hydrogens (tertiary/aromatic N) is 3. The number of aromatic nitrogens is 1. The highest BCUT2D eigenvalue weighted by Gasteiger charge is 2.34. The van der Waals surface area contributed by atoms with Gasteiger partial charge in [0.15, 0.2) is 5.69 Å². The van der Waals surface area contributed by atoms with Crippen LogP contribution in [0.2, 0.25) is 0 Å². The second-order valence-corrected chi connectivity index (χ2v) is 7.77. The van der Waals surface area contributed by atoms with Gasteiger partial charge in [0, 0.05) is 57.3 Å². The fourth-order valence-corrected chi connectivity index (χ4v) is 3.79. The van der Waals surface area contributed by atoms with Crippen LogP contribution < -0.4 is 10.6 Å². The maximum absolute atomic E-state index is 12.4. The fourth-order valence-electron chi connectivity index (χ4n) is 3.79. The summed E-state index contributed by atoms with van der Waals surface area (Å²) in [7, 11) is 0. The van der Waals surface area contributed by atoms with Gasteiger partial charge in [-0.3, -0.25) is 14.5 Å². The van der Waals surface area contributed by atoms with Crippen molar-refractivity contribution < 1.29 is 14.1 Å². The van der Waals surface area contributed by atoms with Gasteiger partial charge in [-0.1, -0.05) is 12.1 Å². The predicted molar refractivity (Wildman–Crippen MR) is 94.8 cm³/mol. The van der Waals surface area contributed by atoms with Gasteiger partial charge in [-0.05, 0) is 18.8 Å². The van der Waals surface area contributed by atoms with Crippen molar-refractivity contribution in [1.29, 1.82) is 0 Å². The van der Waals surface area contributed by atoms with Crippen molar-refractivity contribution in [2.75, 3.05) is 45.8 Å². The third-order valence-electron chi connectivity index (χ3n) is 5.57. The minimum absolute atomic E-state index is 0.0272. The minimum Gasteiger partial charge on any atom is -0.360 e. The normalized spacial score (nSPS) is 26.9. The lowest BCUT2D eigenvalue weighted by atomic mass is 10.1. The van der Waals surface area contributed by atoms with Gasteiger partial charge in [-0.25, -0.2) is 0 Å². The highest BCUT2D eigenvalue weighted by molar-refractivity contribution is 5.92. The largest absolute Gasteiger partial charge is 0.360 e. The smallest absolute Gasteiger partial charge is 0.273 e. The first-order valence-corrected chi connectivity index (χ1v) is 9.58. The molecule has 1 aromatic rings. The fraction of sp³-hybridized carbons (Fsp3) is 0.722. The number of likely N-dealkylation sites (tertiary alicyclic amines) is 1. The Morgan fingerprint density at radius 2 is 2.08 bits per heavy atom. The molecule has 1 saturated carbocycles. The topological polar surface area (TPSA) is 90.7 Å². The molecule has 2 N–H and O–H groups in total. The lowest BCUT2D eigenvalue weighted by molar-refractivity contribution is -0.132. The highest BCUT2D eigenvalue weighted by Crippen LogP contribution is 2.40. The van der Waals surface area contributed by atoms with Gasteiger partial charge in [0.25, 0.3) is 5.91 Å². The molecule has 0 radical (unpaired) electrons. The molecule has 0 bridgehead atoms. The summed E-state index contributed by atoms with van der Waals surface area (Å²) in [6.07, 6.45) is 2.23. The summed E-state index contributed by atoms with van der Waals surface area (Å²) >= 11 is 0. The van der Waals surface area contributed by atoms with Gasteiger partial charge in [0.1, 0.15) is 5.76 Å². The molecule has 142 valence electrons. The Kier molecular flexibility index (Phi) is 4.95. The maximum Gasteiger partial charge on any atom is 0.273 e. The molecule has 26 heavy (non-hydrogen) atoms. The van der Waals surface area contributed by atoms with E-state index in [9.17, 15) is 9.59 Å². The van der Waals surface area contributed by atoms with E-state index < -0.39 is 0 Å². The number of piperazine rings is 1. The van der Waals surface area contributed by atoms with E-state index in [2.05, 4.69) is 27.6 Å². The summed E-state index contributed by atoms with van der Waals surface area (Å²) < 4.78 is 5.27. The van der Waals surface area contributed by atoms with Crippen molar-refractivity contribution in [2.24, 2.45) is 5.92 Å². The highest BCUT2D eigenvalue weighted by atomic mass is 16.5. The van der Waals surface area contributed by atoms with Crippen LogP contribution in [-0.4, -0.2) is 78.6 Å². The Morgan fingerprint density at radius 3 is 2.81 bits per heavy atom. The third-order valence-corrected chi connectivity index (χ3v) is 5.57. The van der Waals surface area contributed by atoms with E-state index in [4.69, 9.17) is 4.52 Å². The molecule has 0 unspecified atom stereocenters. The van der Waals surface area contributed by atoms with E-state index >= 15 is 0 Å². The van der Waals surface area contributed by atoms with Crippen molar-refractivity contribution >= 4 is 11.8 Å². The molecule has 8 nitrogen and oxygen atoms in total. The zero-order valence-corrected chi connectivity index (χ0v) is 15.2. The van der Waals surface area contributed by atoms with Gasteiger partial charge < -0.3 is 20.1 Å². The van der Waals surface area contributed by atoms with Crippen LogP contribution in [0.3, 0.4) is 0 Å². The van der Waals surface area contributed by atoms with Gasteiger partial charge in [-0.2, -0.15) is 0 Å². The van der Waals surface area contributed by atoms with Crippen LogP contribution in [0.4, 0.5) is 0 Å². The molecule has 2 amide bonds. The Balaban J connectivity index is 1.28. The van der Waals surface area contributed by atoms with E-state index in [0.717, 1.165) is 51.3 Å². The molecule has 3 heterocycles. The average molecular weight is 361 g/mol. The molecule has 2 atom stereocenters. The summed E-state index contributed by atoms with van der Waals surface area (Å²) in [5.41, 5.74) is 0.356. The van der Waals surface area contributed by atoms with Crippen LogP contribution in [0, 0.1) is 5.92 Å². The lowest BCUT2D eigenvalue weighted by Crippen LogP contribution is -2.49. The molecule has 1 aliphatic carbocycles. The molecule has 8 heteroatoms. The monoisotopic (exact) mass is 361 g/mol. The van der Waals surface area contributed by atoms with Crippen LogP contribution in [0.15, 0.2) is 10.6 Å². The number of carbonyl (C=O) groups excluding carboxylic acids is 2. The quantitative estimate of drug-likeness (QED) is 0.769. The Hall–Kier alpha value is -1.93. The molecule has 3 aliphatic rings. The van der Waals surface area contributed by atoms with Crippen LogP contribution in [0.25, 0.3) is 0 Å². The van der Waals surface area contributed by atoms with E-state index in [1.54, 1.807) is 6.07 Å². The van der Waals surface area contributed by atoms with Crippen molar-refractivity contribution in [3.63, 3.8) is 0 Å². The molecule has 3 fully saturated rings. The number of nitrogens with one attached hydrogen (secondary N) is 2. The van der Waals surface area contributed by atoms with E-state index in [-0.39, 0.29) is 17.9 Å². The predicted octanol–water partition coefficient (Wildman–Crippen LogP) is 0.0339. The molecular formula is C18H27N5O3. The average Bonchev–Trinajstić information content (AvgIpc) is 3.27. The molecule has 0 aromatic carbocycles. The summed E-state index contributed by atoms with van der Waals surface area (Å²) in [4.78, 5) is 28.9. The van der Waals surface area contributed by atoms with Crippen molar-refractivity contribution in [3.05, 3.63) is 17.5 Å². The Labute approximate surface area is 153 Å². The SMILES string of the molecule is C[C@H]1CN(CC(=O)N2CCNCC2)C[C@H]1NC(=O)c1cc(C2CC2)on1. The van der Waals surface area contributed by atoms with Crippen molar-refractivity contribution in [2.45, 2.75) is 31.7 Å². The zero-order valence-electron chi connectivity index (χ0n) is 15.2. The first kappa shape index (κ1) is 17.5. The Morgan fingerprint density at radius 1 is 1.31 bits per heavy atom. The zero-order chi connectivity index (χ0) is 18.1. The molecule has 1 aromatic heterocycles. The van der Waals surface area contributed by atoms with Crippen LogP contribution >= 0.6 is 0 Å². The number of amides is 2. The maximum atomic E-state index is 12.4.